The van der Waals surface area contributed by atoms with E-state index in [0.717, 1.165) is 17.7 Å². The van der Waals surface area contributed by atoms with Gasteiger partial charge in [0.15, 0.2) is 0 Å². The van der Waals surface area contributed by atoms with Crippen LogP contribution < -0.4 is 5.73 Å². The van der Waals surface area contributed by atoms with Crippen LogP contribution in [0.4, 0.5) is 0 Å². The summed E-state index contributed by atoms with van der Waals surface area (Å²) in [5.41, 5.74) is 6.05. The molecule has 1 rings (SSSR count). The van der Waals surface area contributed by atoms with Crippen molar-refractivity contribution in [3.63, 3.8) is 0 Å². The lowest BCUT2D eigenvalue weighted by atomic mass is 10.1. The van der Waals surface area contributed by atoms with Gasteiger partial charge in [0.1, 0.15) is 9.84 Å². The lowest BCUT2D eigenvalue weighted by Crippen LogP contribution is -2.13. The minimum Gasteiger partial charge on any atom is -0.323 e. The third-order valence-corrected chi connectivity index (χ3v) is 5.96. The maximum atomic E-state index is 11.3. The average molecular weight is 275 g/mol. The molecule has 0 saturated heterocycles. The topological polar surface area (TPSA) is 60.2 Å². The number of sulfone groups is 1. The molecular weight excluding hydrogens is 254 g/mol. The van der Waals surface area contributed by atoms with Crippen molar-refractivity contribution in [3.8, 4) is 0 Å². The summed E-state index contributed by atoms with van der Waals surface area (Å²) in [6.07, 6.45) is 2.42. The van der Waals surface area contributed by atoms with Crippen molar-refractivity contribution in [2.75, 3.05) is 11.5 Å². The third kappa shape index (κ3) is 4.77. The molecule has 1 unspecified atom stereocenters. The molecule has 1 aromatic rings. The van der Waals surface area contributed by atoms with Crippen LogP contribution in [0.15, 0.2) is 12.1 Å². The summed E-state index contributed by atoms with van der Waals surface area (Å²) in [5.74, 6) is 0.477. The van der Waals surface area contributed by atoms with Crippen LogP contribution in [0.5, 0.6) is 0 Å². The van der Waals surface area contributed by atoms with Gasteiger partial charge in [0.05, 0.1) is 5.75 Å². The van der Waals surface area contributed by atoms with Crippen LogP contribution in [0, 0.1) is 0 Å². The van der Waals surface area contributed by atoms with E-state index in [1.807, 2.05) is 0 Å². The van der Waals surface area contributed by atoms with Crippen molar-refractivity contribution in [3.05, 3.63) is 21.9 Å². The molecular formula is C12H21NO2S2. The van der Waals surface area contributed by atoms with Crippen molar-refractivity contribution in [1.82, 2.24) is 0 Å². The van der Waals surface area contributed by atoms with E-state index in [1.165, 1.54) is 4.88 Å². The summed E-state index contributed by atoms with van der Waals surface area (Å²) in [5, 5.41) is 0. The summed E-state index contributed by atoms with van der Waals surface area (Å²) in [6, 6.07) is 4.14. The first-order valence-corrected chi connectivity index (χ1v) is 8.67. The van der Waals surface area contributed by atoms with E-state index >= 15 is 0 Å². The Balaban J connectivity index is 2.42. The molecule has 0 radical (unpaired) electrons. The Labute approximate surface area is 108 Å². The molecule has 0 aromatic carbocycles. The van der Waals surface area contributed by atoms with Crippen molar-refractivity contribution in [2.45, 2.75) is 39.2 Å². The maximum absolute atomic E-state index is 11.3. The molecule has 0 spiro atoms. The minimum atomic E-state index is -2.85. The Bertz CT molecular complexity index is 437. The average Bonchev–Trinajstić information content (AvgIpc) is 2.77. The molecule has 3 nitrogen and oxygen atoms in total. The fourth-order valence-electron chi connectivity index (χ4n) is 1.59. The van der Waals surface area contributed by atoms with Crippen LogP contribution in [0.1, 0.15) is 42.5 Å². The maximum Gasteiger partial charge on any atom is 0.150 e. The molecule has 2 N–H and O–H groups in total. The second-order valence-corrected chi connectivity index (χ2v) is 7.82. The molecule has 0 bridgehead atoms. The van der Waals surface area contributed by atoms with Gasteiger partial charge in [-0.15, -0.1) is 11.3 Å². The molecule has 1 heterocycles. The number of nitrogens with two attached hydrogens (primary N) is 1. The van der Waals surface area contributed by atoms with Gasteiger partial charge in [-0.3, -0.25) is 0 Å². The molecule has 17 heavy (non-hydrogen) atoms. The zero-order valence-corrected chi connectivity index (χ0v) is 12.1. The summed E-state index contributed by atoms with van der Waals surface area (Å²) >= 11 is 1.73. The third-order valence-electron chi connectivity index (χ3n) is 2.81. The highest BCUT2D eigenvalue weighted by Gasteiger charge is 2.12. The van der Waals surface area contributed by atoms with Gasteiger partial charge in [-0.05, 0) is 31.4 Å². The van der Waals surface area contributed by atoms with E-state index in [1.54, 1.807) is 18.3 Å². The normalized spacial score (nSPS) is 13.8. The SMILES string of the molecule is CCc1ccc(C(N)CCCS(=O)(=O)CC)s1. The molecule has 0 saturated carbocycles. The highest BCUT2D eigenvalue weighted by molar-refractivity contribution is 7.91. The number of rotatable bonds is 7. The van der Waals surface area contributed by atoms with E-state index in [2.05, 4.69) is 19.1 Å². The molecule has 0 aliphatic rings. The molecule has 0 aliphatic heterocycles. The van der Waals surface area contributed by atoms with Crippen LogP contribution in [-0.2, 0) is 16.3 Å². The van der Waals surface area contributed by atoms with Crippen molar-refractivity contribution in [2.24, 2.45) is 5.73 Å². The lowest BCUT2D eigenvalue weighted by molar-refractivity contribution is 0.585. The smallest absolute Gasteiger partial charge is 0.150 e. The van der Waals surface area contributed by atoms with Gasteiger partial charge >= 0.3 is 0 Å². The number of thiophene rings is 1. The van der Waals surface area contributed by atoms with E-state index in [9.17, 15) is 8.42 Å². The molecule has 5 heteroatoms. The lowest BCUT2D eigenvalue weighted by Gasteiger charge is -2.09. The minimum absolute atomic E-state index is 0.0210. The van der Waals surface area contributed by atoms with Crippen molar-refractivity contribution >= 4 is 21.2 Å². The summed E-state index contributed by atoms with van der Waals surface area (Å²) in [7, 11) is -2.85. The zero-order valence-electron chi connectivity index (χ0n) is 10.5. The predicted molar refractivity (Wildman–Crippen MR) is 74.2 cm³/mol. The van der Waals surface area contributed by atoms with Gasteiger partial charge in [0.2, 0.25) is 0 Å². The van der Waals surface area contributed by atoms with Crippen molar-refractivity contribution < 1.29 is 8.42 Å². The summed E-state index contributed by atoms with van der Waals surface area (Å²) in [6.45, 7) is 3.80. The summed E-state index contributed by atoms with van der Waals surface area (Å²) < 4.78 is 22.7. The second kappa shape index (κ2) is 6.52. The first-order chi connectivity index (χ1) is 7.98. The molecule has 1 atom stereocenters. The van der Waals surface area contributed by atoms with Gasteiger partial charge < -0.3 is 5.73 Å². The molecule has 98 valence electrons. The van der Waals surface area contributed by atoms with Gasteiger partial charge in [0.25, 0.3) is 0 Å². The monoisotopic (exact) mass is 275 g/mol. The number of hydrogen-bond acceptors (Lipinski definition) is 4. The van der Waals surface area contributed by atoms with Crippen LogP contribution >= 0.6 is 11.3 Å². The largest absolute Gasteiger partial charge is 0.323 e. The highest BCUT2D eigenvalue weighted by Crippen LogP contribution is 2.25. The van der Waals surface area contributed by atoms with Crippen LogP contribution in [0.25, 0.3) is 0 Å². The standard InChI is InChI=1S/C12H21NO2S2/c1-3-10-7-8-12(16-10)11(13)6-5-9-17(14,15)4-2/h7-8,11H,3-6,9,13H2,1-2H3. The van der Waals surface area contributed by atoms with E-state index in [0.29, 0.717) is 6.42 Å². The van der Waals surface area contributed by atoms with Crippen LogP contribution in [-0.4, -0.2) is 19.9 Å². The highest BCUT2D eigenvalue weighted by atomic mass is 32.2. The Morgan fingerprint density at radius 3 is 2.59 bits per heavy atom. The van der Waals surface area contributed by atoms with Gasteiger partial charge in [-0.25, -0.2) is 8.42 Å². The Hall–Kier alpha value is -0.390. The molecule has 0 amide bonds. The first kappa shape index (κ1) is 14.7. The van der Waals surface area contributed by atoms with Crippen LogP contribution in [0.3, 0.4) is 0 Å². The van der Waals surface area contributed by atoms with Gasteiger partial charge in [0, 0.05) is 21.5 Å². The summed E-state index contributed by atoms with van der Waals surface area (Å²) in [4.78, 5) is 2.49. The molecule has 0 aliphatic carbocycles. The van der Waals surface area contributed by atoms with Crippen molar-refractivity contribution in [1.29, 1.82) is 0 Å². The van der Waals surface area contributed by atoms with Gasteiger partial charge in [-0.1, -0.05) is 13.8 Å². The number of aryl methyl sites for hydroxylation is 1. The molecule has 1 aromatic heterocycles. The fraction of sp³-hybridized carbons (Fsp3) is 0.667. The zero-order chi connectivity index (χ0) is 12.9. The predicted octanol–water partition coefficient (Wildman–Crippen LogP) is 2.53. The number of hydrogen-bond donors (Lipinski definition) is 1. The second-order valence-electron chi connectivity index (χ2n) is 4.14. The Kier molecular flexibility index (Phi) is 5.62. The van der Waals surface area contributed by atoms with E-state index in [4.69, 9.17) is 5.73 Å². The van der Waals surface area contributed by atoms with Gasteiger partial charge in [-0.2, -0.15) is 0 Å². The Morgan fingerprint density at radius 1 is 1.35 bits per heavy atom. The van der Waals surface area contributed by atoms with E-state index < -0.39 is 9.84 Å². The quantitative estimate of drug-likeness (QED) is 0.832. The Morgan fingerprint density at radius 2 is 2.06 bits per heavy atom. The fourth-order valence-corrected chi connectivity index (χ4v) is 3.48. The molecule has 0 fully saturated rings. The van der Waals surface area contributed by atoms with Crippen LogP contribution in [0.2, 0.25) is 0 Å². The van der Waals surface area contributed by atoms with E-state index in [-0.39, 0.29) is 17.5 Å². The first-order valence-electron chi connectivity index (χ1n) is 6.03.